The zero-order valence-corrected chi connectivity index (χ0v) is 10.6. The minimum atomic E-state index is -0.258. The molecule has 1 nitrogen and oxygen atoms in total. The van der Waals surface area contributed by atoms with Crippen molar-refractivity contribution in [2.75, 3.05) is 6.26 Å². The Hall–Kier alpha value is -1.74. The summed E-state index contributed by atoms with van der Waals surface area (Å²) in [5.74, 6) is 0.355. The van der Waals surface area contributed by atoms with Gasteiger partial charge in [-0.15, -0.1) is 11.8 Å². The first-order valence-electron chi connectivity index (χ1n) is 5.61. The quantitative estimate of drug-likeness (QED) is 0.602. The summed E-state index contributed by atoms with van der Waals surface area (Å²) in [6.45, 7) is 0. The van der Waals surface area contributed by atoms with Gasteiger partial charge < -0.3 is 4.42 Å². The van der Waals surface area contributed by atoms with E-state index in [0.29, 0.717) is 11.3 Å². The van der Waals surface area contributed by atoms with Crippen molar-refractivity contribution in [1.82, 2.24) is 0 Å². The van der Waals surface area contributed by atoms with Crippen molar-refractivity contribution in [2.45, 2.75) is 4.90 Å². The van der Waals surface area contributed by atoms with E-state index in [1.165, 1.54) is 6.07 Å². The molecule has 18 heavy (non-hydrogen) atoms. The number of rotatable bonds is 2. The Morgan fingerprint density at radius 1 is 1.00 bits per heavy atom. The molecule has 0 unspecified atom stereocenters. The van der Waals surface area contributed by atoms with Crippen molar-refractivity contribution < 1.29 is 8.81 Å². The van der Waals surface area contributed by atoms with Gasteiger partial charge in [-0.25, -0.2) is 4.39 Å². The topological polar surface area (TPSA) is 13.1 Å². The van der Waals surface area contributed by atoms with Crippen LogP contribution < -0.4 is 0 Å². The number of para-hydroxylation sites is 1. The van der Waals surface area contributed by atoms with E-state index in [4.69, 9.17) is 4.42 Å². The highest BCUT2D eigenvalue weighted by Crippen LogP contribution is 2.39. The van der Waals surface area contributed by atoms with Gasteiger partial charge >= 0.3 is 0 Å². The summed E-state index contributed by atoms with van der Waals surface area (Å²) in [7, 11) is 0. The zero-order valence-electron chi connectivity index (χ0n) is 9.81. The molecule has 0 saturated heterocycles. The Bertz CT molecular complexity index is 703. The van der Waals surface area contributed by atoms with Crippen LogP contribution in [-0.2, 0) is 0 Å². The molecular formula is C15H11FOS. The number of thioether (sulfide) groups is 1. The predicted octanol–water partition coefficient (Wildman–Crippen LogP) is 4.96. The molecule has 0 radical (unpaired) electrons. The highest BCUT2D eigenvalue weighted by molar-refractivity contribution is 7.99. The van der Waals surface area contributed by atoms with Crippen molar-refractivity contribution >= 4 is 22.7 Å². The molecule has 3 aromatic rings. The average Bonchev–Trinajstić information content (AvgIpc) is 2.77. The van der Waals surface area contributed by atoms with Crippen LogP contribution in [0.25, 0.3) is 22.3 Å². The average molecular weight is 258 g/mol. The van der Waals surface area contributed by atoms with Gasteiger partial charge in [0.15, 0.2) is 5.76 Å². The molecule has 3 heteroatoms. The number of furan rings is 1. The fourth-order valence-corrected chi connectivity index (χ4v) is 2.77. The van der Waals surface area contributed by atoms with Gasteiger partial charge in [0.25, 0.3) is 0 Å². The minimum absolute atomic E-state index is 0.258. The van der Waals surface area contributed by atoms with Crippen LogP contribution >= 0.6 is 11.8 Å². The van der Waals surface area contributed by atoms with E-state index in [1.54, 1.807) is 23.9 Å². The van der Waals surface area contributed by atoms with Crippen LogP contribution in [0.3, 0.4) is 0 Å². The molecule has 0 fully saturated rings. The number of fused-ring (bicyclic) bond motifs is 1. The minimum Gasteiger partial charge on any atom is -0.455 e. The molecule has 90 valence electrons. The summed E-state index contributed by atoms with van der Waals surface area (Å²) in [6, 6.07) is 14.5. The van der Waals surface area contributed by atoms with E-state index < -0.39 is 0 Å². The van der Waals surface area contributed by atoms with Crippen LogP contribution in [0, 0.1) is 5.82 Å². The third-order valence-corrected chi connectivity index (χ3v) is 3.69. The monoisotopic (exact) mass is 258 g/mol. The maximum Gasteiger partial charge on any atom is 0.151 e. The predicted molar refractivity (Wildman–Crippen MR) is 73.4 cm³/mol. The first-order chi connectivity index (χ1) is 8.81. The van der Waals surface area contributed by atoms with Crippen molar-refractivity contribution in [1.29, 1.82) is 0 Å². The van der Waals surface area contributed by atoms with Crippen LogP contribution in [0.2, 0.25) is 0 Å². The summed E-state index contributed by atoms with van der Waals surface area (Å²) in [4.78, 5) is 0.982. The molecule has 0 N–H and O–H groups in total. The first-order valence-corrected chi connectivity index (χ1v) is 6.84. The van der Waals surface area contributed by atoms with Crippen molar-refractivity contribution in [3.63, 3.8) is 0 Å². The molecule has 1 aromatic heterocycles. The standard InChI is InChI=1S/C15H11FOS/c1-18-15-11-7-3-5-9-13(11)17-14(15)10-6-2-4-8-12(10)16/h2-9H,1H3. The van der Waals surface area contributed by atoms with E-state index in [2.05, 4.69) is 0 Å². The van der Waals surface area contributed by atoms with Crippen molar-refractivity contribution in [3.05, 3.63) is 54.3 Å². The highest BCUT2D eigenvalue weighted by atomic mass is 32.2. The van der Waals surface area contributed by atoms with Crippen molar-refractivity contribution in [2.24, 2.45) is 0 Å². The Morgan fingerprint density at radius 3 is 2.50 bits per heavy atom. The van der Waals surface area contributed by atoms with Gasteiger partial charge in [0.2, 0.25) is 0 Å². The number of hydrogen-bond acceptors (Lipinski definition) is 2. The fraction of sp³-hybridized carbons (Fsp3) is 0.0667. The summed E-state index contributed by atoms with van der Waals surface area (Å²) in [6.07, 6.45) is 1.97. The molecule has 2 aromatic carbocycles. The van der Waals surface area contributed by atoms with E-state index in [-0.39, 0.29) is 5.82 Å². The Kier molecular flexibility index (Phi) is 2.84. The lowest BCUT2D eigenvalue weighted by Gasteiger charge is -2.01. The summed E-state index contributed by atoms with van der Waals surface area (Å²) in [5.41, 5.74) is 1.30. The van der Waals surface area contributed by atoms with Crippen LogP contribution in [0.5, 0.6) is 0 Å². The Labute approximate surface area is 109 Å². The molecule has 3 rings (SSSR count). The lowest BCUT2D eigenvalue weighted by atomic mass is 10.1. The van der Waals surface area contributed by atoms with E-state index in [1.807, 2.05) is 36.6 Å². The molecule has 0 aliphatic rings. The molecule has 1 heterocycles. The lowest BCUT2D eigenvalue weighted by molar-refractivity contribution is 0.597. The Morgan fingerprint density at radius 2 is 1.72 bits per heavy atom. The van der Waals surface area contributed by atoms with Gasteiger partial charge in [-0.3, -0.25) is 0 Å². The largest absolute Gasteiger partial charge is 0.455 e. The molecule has 0 saturated carbocycles. The van der Waals surface area contributed by atoms with Gasteiger partial charge in [-0.1, -0.05) is 24.3 Å². The molecular weight excluding hydrogens is 247 g/mol. The molecule has 0 aliphatic carbocycles. The van der Waals surface area contributed by atoms with E-state index in [0.717, 1.165) is 15.9 Å². The number of benzene rings is 2. The Balaban J connectivity index is 2.32. The van der Waals surface area contributed by atoms with Gasteiger partial charge in [0, 0.05) is 5.39 Å². The van der Waals surface area contributed by atoms with Gasteiger partial charge in [-0.05, 0) is 30.5 Å². The third-order valence-electron chi connectivity index (χ3n) is 2.87. The number of hydrogen-bond donors (Lipinski definition) is 0. The molecule has 0 atom stereocenters. The molecule has 0 bridgehead atoms. The van der Waals surface area contributed by atoms with E-state index >= 15 is 0 Å². The summed E-state index contributed by atoms with van der Waals surface area (Å²) in [5, 5.41) is 1.03. The summed E-state index contributed by atoms with van der Waals surface area (Å²) >= 11 is 1.57. The fourth-order valence-electron chi connectivity index (χ4n) is 2.05. The molecule has 0 spiro atoms. The first kappa shape index (κ1) is 11.4. The normalized spacial score (nSPS) is 11.0. The van der Waals surface area contributed by atoms with Crippen LogP contribution in [0.4, 0.5) is 4.39 Å². The SMILES string of the molecule is CSc1c(-c2ccccc2F)oc2ccccc12. The van der Waals surface area contributed by atoms with Crippen LogP contribution in [-0.4, -0.2) is 6.26 Å². The van der Waals surface area contributed by atoms with Crippen molar-refractivity contribution in [3.8, 4) is 11.3 Å². The lowest BCUT2D eigenvalue weighted by Crippen LogP contribution is -1.82. The molecule has 0 aliphatic heterocycles. The van der Waals surface area contributed by atoms with Gasteiger partial charge in [-0.2, -0.15) is 0 Å². The zero-order chi connectivity index (χ0) is 12.5. The maximum atomic E-state index is 13.9. The van der Waals surface area contributed by atoms with Gasteiger partial charge in [0.1, 0.15) is 11.4 Å². The second-order valence-electron chi connectivity index (χ2n) is 3.94. The van der Waals surface area contributed by atoms with Crippen LogP contribution in [0.15, 0.2) is 57.8 Å². The summed E-state index contributed by atoms with van der Waals surface area (Å²) < 4.78 is 19.6. The van der Waals surface area contributed by atoms with E-state index in [9.17, 15) is 4.39 Å². The smallest absolute Gasteiger partial charge is 0.151 e. The molecule has 0 amide bonds. The number of halogens is 1. The van der Waals surface area contributed by atoms with Crippen LogP contribution in [0.1, 0.15) is 0 Å². The maximum absolute atomic E-state index is 13.9. The van der Waals surface area contributed by atoms with Gasteiger partial charge in [0.05, 0.1) is 10.5 Å². The third kappa shape index (κ3) is 1.71. The second kappa shape index (κ2) is 4.50. The second-order valence-corrected chi connectivity index (χ2v) is 4.76. The highest BCUT2D eigenvalue weighted by Gasteiger charge is 2.17.